The number of aromatic nitrogens is 2. The second-order valence-electron chi connectivity index (χ2n) is 6.69. The Kier molecular flexibility index (Phi) is 5.38. The number of benzene rings is 2. The SMILES string of the molecule is COC(=O)c1ccc(Cl)c(Cc2nc3c(C)cc(C(C)(F)F)cc3n2C)c1Cl. The molecule has 1 heterocycles. The zero-order valence-electron chi connectivity index (χ0n) is 15.7. The van der Waals surface area contributed by atoms with E-state index in [4.69, 9.17) is 27.9 Å². The van der Waals surface area contributed by atoms with Gasteiger partial charge in [-0.1, -0.05) is 23.2 Å². The second-order valence-corrected chi connectivity index (χ2v) is 7.48. The highest BCUT2D eigenvalue weighted by Gasteiger charge is 2.26. The number of alkyl halides is 2. The van der Waals surface area contributed by atoms with E-state index in [0.717, 1.165) is 6.92 Å². The molecule has 0 aliphatic rings. The van der Waals surface area contributed by atoms with Crippen LogP contribution in [0.4, 0.5) is 8.78 Å². The third-order valence-electron chi connectivity index (χ3n) is 4.70. The maximum absolute atomic E-state index is 13.8. The van der Waals surface area contributed by atoms with Crippen LogP contribution >= 0.6 is 23.2 Å². The molecule has 0 radical (unpaired) electrons. The fourth-order valence-electron chi connectivity index (χ4n) is 3.10. The number of esters is 1. The van der Waals surface area contributed by atoms with Gasteiger partial charge in [-0.3, -0.25) is 0 Å². The standard InChI is InChI=1S/C20H18Cl2F2N2O2/c1-10-7-11(20(2,23)24)8-15-18(10)25-16(26(15)3)9-13-14(21)6-5-12(17(13)22)19(27)28-4/h5-8H,9H2,1-4H3. The first kappa shape index (κ1) is 20.6. The third kappa shape index (κ3) is 3.59. The molecule has 4 nitrogen and oxygen atoms in total. The van der Waals surface area contributed by atoms with Crippen molar-refractivity contribution < 1.29 is 18.3 Å². The Bertz CT molecular complexity index is 1090. The molecule has 3 rings (SSSR count). The number of carbonyl (C=O) groups is 1. The summed E-state index contributed by atoms with van der Waals surface area (Å²) < 4.78 is 34.1. The first-order valence-electron chi connectivity index (χ1n) is 8.44. The summed E-state index contributed by atoms with van der Waals surface area (Å²) in [6.07, 6.45) is 0.227. The lowest BCUT2D eigenvalue weighted by atomic mass is 10.1. The van der Waals surface area contributed by atoms with E-state index in [1.165, 1.54) is 25.3 Å². The number of methoxy groups -OCH3 is 1. The van der Waals surface area contributed by atoms with Crippen molar-refractivity contribution in [1.29, 1.82) is 0 Å². The van der Waals surface area contributed by atoms with Crippen LogP contribution in [0.2, 0.25) is 10.0 Å². The lowest BCUT2D eigenvalue weighted by molar-refractivity contribution is 0.0175. The predicted molar refractivity (Wildman–Crippen MR) is 106 cm³/mol. The summed E-state index contributed by atoms with van der Waals surface area (Å²) in [6.45, 7) is 2.61. The van der Waals surface area contributed by atoms with Crippen molar-refractivity contribution in [1.82, 2.24) is 9.55 Å². The van der Waals surface area contributed by atoms with Crippen LogP contribution in [-0.4, -0.2) is 22.6 Å². The monoisotopic (exact) mass is 426 g/mol. The number of hydrogen-bond acceptors (Lipinski definition) is 3. The Morgan fingerprint density at radius 3 is 2.57 bits per heavy atom. The molecule has 2 aromatic carbocycles. The molecule has 0 saturated carbocycles. The van der Waals surface area contributed by atoms with Crippen LogP contribution in [0.15, 0.2) is 24.3 Å². The van der Waals surface area contributed by atoms with Crippen LogP contribution in [0.25, 0.3) is 11.0 Å². The average Bonchev–Trinajstić information content (AvgIpc) is 2.94. The number of carbonyl (C=O) groups excluding carboxylic acids is 1. The Labute approximate surface area is 171 Å². The number of ether oxygens (including phenoxy) is 1. The average molecular weight is 427 g/mol. The molecule has 0 fully saturated rings. The summed E-state index contributed by atoms with van der Waals surface area (Å²) in [7, 11) is 3.01. The minimum absolute atomic E-state index is 0.0733. The summed E-state index contributed by atoms with van der Waals surface area (Å²) in [4.78, 5) is 16.5. The first-order valence-corrected chi connectivity index (χ1v) is 9.19. The minimum Gasteiger partial charge on any atom is -0.465 e. The second kappa shape index (κ2) is 7.33. The molecule has 0 atom stereocenters. The first-order chi connectivity index (χ1) is 13.0. The molecule has 0 bridgehead atoms. The van der Waals surface area contributed by atoms with Crippen molar-refractivity contribution in [3.63, 3.8) is 0 Å². The number of halogens is 4. The quantitative estimate of drug-likeness (QED) is 0.504. The lowest BCUT2D eigenvalue weighted by Crippen LogP contribution is -2.08. The fraction of sp³-hybridized carbons (Fsp3) is 0.300. The van der Waals surface area contributed by atoms with E-state index in [1.807, 2.05) is 0 Å². The van der Waals surface area contributed by atoms with Gasteiger partial charge in [-0.05, 0) is 42.3 Å². The molecule has 1 aromatic heterocycles. The van der Waals surface area contributed by atoms with Crippen molar-refractivity contribution in [2.75, 3.05) is 7.11 Å². The maximum atomic E-state index is 13.8. The molecule has 0 amide bonds. The summed E-state index contributed by atoms with van der Waals surface area (Å²) in [6, 6.07) is 5.94. The van der Waals surface area contributed by atoms with E-state index in [1.54, 1.807) is 24.6 Å². The van der Waals surface area contributed by atoms with Crippen LogP contribution in [0.5, 0.6) is 0 Å². The van der Waals surface area contributed by atoms with Gasteiger partial charge in [-0.15, -0.1) is 0 Å². The number of imidazole rings is 1. The van der Waals surface area contributed by atoms with E-state index in [0.29, 0.717) is 33.0 Å². The van der Waals surface area contributed by atoms with E-state index in [2.05, 4.69) is 4.98 Å². The zero-order valence-corrected chi connectivity index (χ0v) is 17.3. The van der Waals surface area contributed by atoms with Crippen molar-refractivity contribution in [2.24, 2.45) is 7.05 Å². The Morgan fingerprint density at radius 1 is 1.29 bits per heavy atom. The molecular weight excluding hydrogens is 409 g/mol. The molecule has 0 aliphatic heterocycles. The van der Waals surface area contributed by atoms with Crippen LogP contribution in [0.1, 0.15) is 39.8 Å². The topological polar surface area (TPSA) is 44.1 Å². The Hall–Kier alpha value is -2.18. The van der Waals surface area contributed by atoms with Crippen molar-refractivity contribution >= 4 is 40.2 Å². The van der Waals surface area contributed by atoms with Gasteiger partial charge in [0, 0.05) is 31.0 Å². The summed E-state index contributed by atoms with van der Waals surface area (Å²) in [5, 5.41) is 0.561. The van der Waals surface area contributed by atoms with Crippen LogP contribution < -0.4 is 0 Å². The highest BCUT2D eigenvalue weighted by Crippen LogP contribution is 2.34. The fourth-order valence-corrected chi connectivity index (χ4v) is 3.68. The molecule has 0 saturated heterocycles. The van der Waals surface area contributed by atoms with E-state index in [9.17, 15) is 13.6 Å². The molecule has 0 N–H and O–H groups in total. The van der Waals surface area contributed by atoms with Crippen LogP contribution in [0, 0.1) is 6.92 Å². The number of nitrogens with zero attached hydrogens (tertiary/aromatic N) is 2. The Balaban J connectivity index is 2.13. The molecule has 28 heavy (non-hydrogen) atoms. The van der Waals surface area contributed by atoms with Gasteiger partial charge < -0.3 is 9.30 Å². The summed E-state index contributed by atoms with van der Waals surface area (Å²) in [5.74, 6) is -2.94. The summed E-state index contributed by atoms with van der Waals surface area (Å²) >= 11 is 12.7. The van der Waals surface area contributed by atoms with Gasteiger partial charge >= 0.3 is 5.97 Å². The van der Waals surface area contributed by atoms with Gasteiger partial charge in [0.15, 0.2) is 0 Å². The van der Waals surface area contributed by atoms with Crippen LogP contribution in [0.3, 0.4) is 0 Å². The third-order valence-corrected chi connectivity index (χ3v) is 5.49. The molecule has 148 valence electrons. The van der Waals surface area contributed by atoms with Gasteiger partial charge in [0.05, 0.1) is 28.7 Å². The lowest BCUT2D eigenvalue weighted by Gasteiger charge is -2.12. The van der Waals surface area contributed by atoms with E-state index in [-0.39, 0.29) is 22.6 Å². The van der Waals surface area contributed by atoms with Crippen molar-refractivity contribution in [3.8, 4) is 0 Å². The van der Waals surface area contributed by atoms with Gasteiger partial charge in [0.1, 0.15) is 5.82 Å². The number of aryl methyl sites for hydroxylation is 2. The number of rotatable bonds is 4. The molecule has 0 spiro atoms. The van der Waals surface area contributed by atoms with Gasteiger partial charge in [-0.25, -0.2) is 18.6 Å². The molecule has 8 heteroatoms. The zero-order chi connectivity index (χ0) is 20.8. The number of fused-ring (bicyclic) bond motifs is 1. The van der Waals surface area contributed by atoms with E-state index < -0.39 is 11.9 Å². The molecule has 0 unspecified atom stereocenters. The summed E-state index contributed by atoms with van der Waals surface area (Å²) in [5.41, 5.74) is 2.51. The smallest absolute Gasteiger partial charge is 0.339 e. The molecule has 3 aromatic rings. The highest BCUT2D eigenvalue weighted by molar-refractivity contribution is 6.38. The van der Waals surface area contributed by atoms with Gasteiger partial charge in [0.2, 0.25) is 0 Å². The van der Waals surface area contributed by atoms with Crippen molar-refractivity contribution in [3.05, 3.63) is 62.4 Å². The minimum atomic E-state index is -2.95. The van der Waals surface area contributed by atoms with Crippen LogP contribution in [-0.2, 0) is 24.1 Å². The Morgan fingerprint density at radius 2 is 1.96 bits per heavy atom. The predicted octanol–water partition coefficient (Wildman–Crippen LogP) is 5.68. The molecular formula is C20H18Cl2F2N2O2. The number of hydrogen-bond donors (Lipinski definition) is 0. The molecule has 0 aliphatic carbocycles. The maximum Gasteiger partial charge on any atom is 0.339 e. The van der Waals surface area contributed by atoms with E-state index >= 15 is 0 Å². The highest BCUT2D eigenvalue weighted by atomic mass is 35.5. The van der Waals surface area contributed by atoms with Crippen molar-refractivity contribution in [2.45, 2.75) is 26.2 Å². The van der Waals surface area contributed by atoms with Gasteiger partial charge in [-0.2, -0.15) is 0 Å². The largest absolute Gasteiger partial charge is 0.465 e. The van der Waals surface area contributed by atoms with Gasteiger partial charge in [0.25, 0.3) is 5.92 Å². The normalized spacial score (nSPS) is 11.9.